The molecule has 0 aliphatic carbocycles. The highest BCUT2D eigenvalue weighted by Crippen LogP contribution is 2.33. The van der Waals surface area contributed by atoms with E-state index in [1.54, 1.807) is 62.6 Å². The first-order valence-corrected chi connectivity index (χ1v) is 10.7. The van der Waals surface area contributed by atoms with Gasteiger partial charge >= 0.3 is 0 Å². The lowest BCUT2D eigenvalue weighted by Crippen LogP contribution is -2.36. The Balaban J connectivity index is 1.86. The molecule has 1 heterocycles. The molecular weight excluding hydrogens is 458 g/mol. The summed E-state index contributed by atoms with van der Waals surface area (Å²) in [4.78, 5) is 28.1. The van der Waals surface area contributed by atoms with Crippen molar-refractivity contribution < 1.29 is 9.53 Å². The van der Waals surface area contributed by atoms with Gasteiger partial charge in [0.1, 0.15) is 17.3 Å². The number of ether oxygens (including phenoxy) is 1. The smallest absolute Gasteiger partial charge is 0.277 e. The summed E-state index contributed by atoms with van der Waals surface area (Å²) in [6.45, 7) is 0.257. The Morgan fingerprint density at radius 2 is 1.94 bits per heavy atom. The first kappa shape index (κ1) is 24.6. The molecule has 11 heteroatoms. The van der Waals surface area contributed by atoms with Crippen LogP contribution in [-0.4, -0.2) is 30.8 Å². The predicted octanol–water partition coefficient (Wildman–Crippen LogP) is 2.12. The average Bonchev–Trinajstić information content (AvgIpc) is 2.80. The van der Waals surface area contributed by atoms with Crippen molar-refractivity contribution in [1.29, 1.82) is 5.41 Å². The number of H-pyrrole nitrogens is 1. The van der Waals surface area contributed by atoms with Gasteiger partial charge in [-0.2, -0.15) is 0 Å². The molecule has 0 unspecified atom stereocenters. The Kier molecular flexibility index (Phi) is 7.77. The number of hydrazine groups is 1. The summed E-state index contributed by atoms with van der Waals surface area (Å²) in [5, 5.41) is 11.8. The normalized spacial score (nSPS) is 10.6. The van der Waals surface area contributed by atoms with E-state index in [9.17, 15) is 9.59 Å². The van der Waals surface area contributed by atoms with Crippen molar-refractivity contribution in [1.82, 2.24) is 15.7 Å². The number of amides is 1. The maximum absolute atomic E-state index is 12.8. The van der Waals surface area contributed by atoms with Crippen molar-refractivity contribution in [3.63, 3.8) is 0 Å². The number of benzene rings is 2. The van der Waals surface area contributed by atoms with E-state index in [0.717, 1.165) is 5.56 Å². The zero-order valence-electron chi connectivity index (χ0n) is 18.7. The van der Waals surface area contributed by atoms with Crippen LogP contribution in [0.5, 0.6) is 11.6 Å². The second-order valence-corrected chi connectivity index (χ2v) is 7.82. The van der Waals surface area contributed by atoms with Gasteiger partial charge in [0, 0.05) is 43.5 Å². The lowest BCUT2D eigenvalue weighted by molar-refractivity contribution is -0.120. The fourth-order valence-corrected chi connectivity index (χ4v) is 3.52. The maximum Gasteiger partial charge on any atom is 0.277 e. The van der Waals surface area contributed by atoms with Crippen LogP contribution in [0.4, 0.5) is 11.4 Å². The molecule has 2 aromatic carbocycles. The van der Waals surface area contributed by atoms with Gasteiger partial charge in [-0.1, -0.05) is 41.9 Å². The second-order valence-electron chi connectivity index (χ2n) is 7.45. The average molecular weight is 484 g/mol. The highest BCUT2D eigenvalue weighted by atomic mass is 35.5. The number of hydrogen-bond donors (Lipinski definition) is 6. The van der Waals surface area contributed by atoms with Gasteiger partial charge in [-0.05, 0) is 17.7 Å². The lowest BCUT2D eigenvalue weighted by Gasteiger charge is -2.21. The molecule has 0 saturated heterocycles. The van der Waals surface area contributed by atoms with Crippen molar-refractivity contribution in [2.75, 3.05) is 24.8 Å². The monoisotopic (exact) mass is 483 g/mol. The van der Waals surface area contributed by atoms with Gasteiger partial charge in [0.25, 0.3) is 5.56 Å². The van der Waals surface area contributed by atoms with E-state index in [0.29, 0.717) is 22.6 Å². The summed E-state index contributed by atoms with van der Waals surface area (Å²) in [5.41, 5.74) is 16.0. The van der Waals surface area contributed by atoms with Gasteiger partial charge < -0.3 is 26.5 Å². The van der Waals surface area contributed by atoms with Gasteiger partial charge in [-0.25, -0.2) is 5.43 Å². The second kappa shape index (κ2) is 10.7. The number of halogens is 1. The predicted molar refractivity (Wildman–Crippen MR) is 133 cm³/mol. The van der Waals surface area contributed by atoms with Crippen LogP contribution in [0, 0.1) is 5.41 Å². The van der Waals surface area contributed by atoms with E-state index >= 15 is 0 Å². The molecule has 0 aliphatic heterocycles. The van der Waals surface area contributed by atoms with Gasteiger partial charge in [0.05, 0.1) is 11.4 Å². The SMILES string of the molecule is CNN(C)c1c(Cl)c(CC(=O)NCc2ccc(C(=N)N)cc2)c(Oc2cccc(N)c2)[nH]c1=O. The van der Waals surface area contributed by atoms with E-state index < -0.39 is 5.56 Å². The number of carbonyl (C=O) groups excluding carboxylic acids is 1. The summed E-state index contributed by atoms with van der Waals surface area (Å²) < 4.78 is 5.85. The van der Waals surface area contributed by atoms with E-state index in [4.69, 9.17) is 33.2 Å². The van der Waals surface area contributed by atoms with Crippen LogP contribution in [-0.2, 0) is 17.8 Å². The number of anilines is 2. The van der Waals surface area contributed by atoms with Crippen LogP contribution in [0.15, 0.2) is 53.3 Å². The number of nitrogens with zero attached hydrogens (tertiary/aromatic N) is 1. The lowest BCUT2D eigenvalue weighted by atomic mass is 10.1. The summed E-state index contributed by atoms with van der Waals surface area (Å²) in [6.07, 6.45) is -0.149. The zero-order valence-corrected chi connectivity index (χ0v) is 19.5. The Labute approximate surface area is 201 Å². The number of aromatic nitrogens is 1. The molecule has 0 aliphatic rings. The van der Waals surface area contributed by atoms with Crippen molar-refractivity contribution in [2.24, 2.45) is 5.73 Å². The van der Waals surface area contributed by atoms with Crippen LogP contribution in [0.25, 0.3) is 0 Å². The number of nitrogen functional groups attached to an aromatic ring is 2. The molecule has 8 N–H and O–H groups in total. The van der Waals surface area contributed by atoms with E-state index in [2.05, 4.69) is 15.7 Å². The van der Waals surface area contributed by atoms with Crippen molar-refractivity contribution in [2.45, 2.75) is 13.0 Å². The third-order valence-electron chi connectivity index (χ3n) is 5.03. The molecule has 0 atom stereocenters. The Morgan fingerprint density at radius 3 is 2.56 bits per heavy atom. The molecule has 178 valence electrons. The molecule has 0 fully saturated rings. The van der Waals surface area contributed by atoms with E-state index in [1.807, 2.05) is 0 Å². The molecule has 34 heavy (non-hydrogen) atoms. The minimum absolute atomic E-state index is 0.0293. The van der Waals surface area contributed by atoms with Gasteiger partial charge in [0.2, 0.25) is 11.8 Å². The number of nitrogens with one attached hydrogen (secondary N) is 4. The third-order valence-corrected chi connectivity index (χ3v) is 5.44. The molecule has 0 saturated carbocycles. The number of amidine groups is 1. The first-order chi connectivity index (χ1) is 16.2. The Bertz CT molecular complexity index is 1260. The molecular formula is C23H26ClN7O3. The zero-order chi connectivity index (χ0) is 24.8. The largest absolute Gasteiger partial charge is 0.441 e. The van der Waals surface area contributed by atoms with Crippen molar-refractivity contribution in [3.8, 4) is 11.6 Å². The number of hydrogen-bond acceptors (Lipinski definition) is 7. The van der Waals surface area contributed by atoms with Crippen LogP contribution < -0.4 is 37.5 Å². The molecule has 3 aromatic rings. The minimum atomic E-state index is -0.490. The molecule has 0 spiro atoms. The van der Waals surface area contributed by atoms with Crippen LogP contribution in [0.1, 0.15) is 16.7 Å². The molecule has 3 rings (SSSR count). The minimum Gasteiger partial charge on any atom is -0.441 e. The quantitative estimate of drug-likeness (QED) is 0.117. The fraction of sp³-hybridized carbons (Fsp3) is 0.174. The summed E-state index contributed by atoms with van der Waals surface area (Å²) in [5.74, 6) is 0.0712. The van der Waals surface area contributed by atoms with Crippen LogP contribution in [0.3, 0.4) is 0 Å². The maximum atomic E-state index is 12.8. The molecule has 0 radical (unpaired) electrons. The van der Waals surface area contributed by atoms with Gasteiger partial charge in [-0.15, -0.1) is 0 Å². The van der Waals surface area contributed by atoms with Crippen LogP contribution >= 0.6 is 11.6 Å². The fourth-order valence-electron chi connectivity index (χ4n) is 3.16. The molecule has 10 nitrogen and oxygen atoms in total. The summed E-state index contributed by atoms with van der Waals surface area (Å²) in [7, 11) is 3.26. The summed E-state index contributed by atoms with van der Waals surface area (Å²) >= 11 is 6.58. The standard InChI is InChI=1S/C23H26ClN7O3/c1-28-31(2)20-19(24)17(23(30-22(20)33)34-16-5-3-4-15(25)10-16)11-18(32)29-12-13-6-8-14(9-7-13)21(26)27/h3-10,28H,11-12,25H2,1-2H3,(H3,26,27)(H,29,32)(H,30,33). The Morgan fingerprint density at radius 1 is 1.24 bits per heavy atom. The third kappa shape index (κ3) is 5.85. The van der Waals surface area contributed by atoms with Crippen molar-refractivity contribution in [3.05, 3.63) is 80.6 Å². The first-order valence-electron chi connectivity index (χ1n) is 10.3. The number of rotatable bonds is 9. The van der Waals surface area contributed by atoms with E-state index in [-0.39, 0.29) is 41.3 Å². The van der Waals surface area contributed by atoms with Crippen molar-refractivity contribution >= 4 is 34.7 Å². The number of nitrogens with two attached hydrogens (primary N) is 2. The van der Waals surface area contributed by atoms with Gasteiger partial charge in [-0.3, -0.25) is 20.0 Å². The molecule has 1 aromatic heterocycles. The highest BCUT2D eigenvalue weighted by molar-refractivity contribution is 6.34. The number of aromatic amines is 1. The Hall–Kier alpha value is -4.02. The van der Waals surface area contributed by atoms with Gasteiger partial charge in [0.15, 0.2) is 0 Å². The number of pyridine rings is 1. The highest BCUT2D eigenvalue weighted by Gasteiger charge is 2.22. The summed E-state index contributed by atoms with van der Waals surface area (Å²) in [6, 6.07) is 13.6. The van der Waals surface area contributed by atoms with Crippen LogP contribution in [0.2, 0.25) is 5.02 Å². The molecule has 0 bridgehead atoms. The van der Waals surface area contributed by atoms with E-state index in [1.165, 1.54) is 5.01 Å². The number of carbonyl (C=O) groups is 1. The topological polar surface area (TPSA) is 162 Å². The molecule has 1 amide bonds.